The monoisotopic (exact) mass is 257 g/mol. The molecule has 0 aliphatic rings. The van der Waals surface area contributed by atoms with Crippen molar-refractivity contribution in [3.8, 4) is 0 Å². The largest absolute Gasteiger partial charge is 0.480 e. The van der Waals surface area contributed by atoms with E-state index in [9.17, 15) is 9.59 Å². The van der Waals surface area contributed by atoms with E-state index in [2.05, 4.69) is 15.5 Å². The van der Waals surface area contributed by atoms with Crippen LogP contribution < -0.4 is 5.32 Å². The summed E-state index contributed by atoms with van der Waals surface area (Å²) in [5.74, 6) is -0.820. The number of carbonyl (C=O) groups excluding carboxylic acids is 1. The van der Waals surface area contributed by atoms with Crippen LogP contribution in [0.2, 0.25) is 0 Å². The topological polar surface area (TPSA) is 115 Å². The Bertz CT molecular complexity index is 417. The summed E-state index contributed by atoms with van der Waals surface area (Å²) in [7, 11) is 0. The molecule has 0 saturated heterocycles. The average Bonchev–Trinajstić information content (AvgIpc) is 2.71. The summed E-state index contributed by atoms with van der Waals surface area (Å²) in [6.45, 7) is 3.09. The lowest BCUT2D eigenvalue weighted by atomic mass is 10.2. The predicted molar refractivity (Wildman–Crippen MR) is 58.5 cm³/mol. The van der Waals surface area contributed by atoms with Crippen LogP contribution in [0.4, 0.5) is 0 Å². The fourth-order valence-corrected chi connectivity index (χ4v) is 1.20. The lowest BCUT2D eigenvalue weighted by Gasteiger charge is -2.11. The molecule has 1 rings (SSSR count). The molecule has 1 aromatic rings. The van der Waals surface area contributed by atoms with E-state index in [1.807, 2.05) is 0 Å². The maximum atomic E-state index is 11.3. The molecule has 2 N–H and O–H groups in total. The number of nitrogens with one attached hydrogen (secondary N) is 1. The number of hydrogen-bond acceptors (Lipinski definition) is 6. The fourth-order valence-electron chi connectivity index (χ4n) is 1.20. The number of aryl methyl sites for hydroxylation is 1. The van der Waals surface area contributed by atoms with Crippen molar-refractivity contribution in [2.45, 2.75) is 32.9 Å². The second-order valence-corrected chi connectivity index (χ2v) is 3.59. The molecule has 1 unspecified atom stereocenters. The highest BCUT2D eigenvalue weighted by atomic mass is 16.5. The van der Waals surface area contributed by atoms with Gasteiger partial charge in [-0.25, -0.2) is 4.79 Å². The van der Waals surface area contributed by atoms with Crippen molar-refractivity contribution >= 4 is 11.9 Å². The lowest BCUT2D eigenvalue weighted by molar-refractivity contribution is -0.142. The molecule has 1 amide bonds. The van der Waals surface area contributed by atoms with E-state index >= 15 is 0 Å². The molecular formula is C10H15N3O5. The van der Waals surface area contributed by atoms with Crippen LogP contribution in [0.25, 0.3) is 0 Å². The second kappa shape index (κ2) is 6.70. The van der Waals surface area contributed by atoms with Gasteiger partial charge in [-0.15, -0.1) is 0 Å². The summed E-state index contributed by atoms with van der Waals surface area (Å²) in [5, 5.41) is 14.6. The van der Waals surface area contributed by atoms with Gasteiger partial charge in [-0.2, -0.15) is 4.98 Å². The standard InChI is InChI=1S/C10H15N3O5/c1-3-7(10(15)16)12-8(14)4-17-5-9-11-6(2)13-18-9/h7H,3-5H2,1-2H3,(H,12,14)(H,15,16). The summed E-state index contributed by atoms with van der Waals surface area (Å²) < 4.78 is 9.79. The Morgan fingerprint density at radius 1 is 1.56 bits per heavy atom. The first kappa shape index (κ1) is 14.1. The highest BCUT2D eigenvalue weighted by Gasteiger charge is 2.17. The molecule has 0 saturated carbocycles. The van der Waals surface area contributed by atoms with Gasteiger partial charge in [0.1, 0.15) is 19.3 Å². The number of carboxylic acid groups (broad SMARTS) is 1. The molecule has 1 atom stereocenters. The van der Waals surface area contributed by atoms with Crippen molar-refractivity contribution < 1.29 is 24.0 Å². The van der Waals surface area contributed by atoms with Gasteiger partial charge < -0.3 is 19.7 Å². The molecule has 0 aromatic carbocycles. The minimum Gasteiger partial charge on any atom is -0.480 e. The first-order chi connectivity index (χ1) is 8.52. The van der Waals surface area contributed by atoms with Crippen LogP contribution >= 0.6 is 0 Å². The summed E-state index contributed by atoms with van der Waals surface area (Å²) in [4.78, 5) is 25.9. The van der Waals surface area contributed by atoms with Gasteiger partial charge in [0.05, 0.1) is 0 Å². The van der Waals surface area contributed by atoms with E-state index in [0.29, 0.717) is 12.2 Å². The summed E-state index contributed by atoms with van der Waals surface area (Å²) in [5.41, 5.74) is 0. The SMILES string of the molecule is CCC(NC(=O)COCc1nc(C)no1)C(=O)O. The van der Waals surface area contributed by atoms with Gasteiger partial charge in [-0.1, -0.05) is 12.1 Å². The minimum absolute atomic E-state index is 0.0120. The van der Waals surface area contributed by atoms with Crippen LogP contribution in [0, 0.1) is 6.92 Å². The van der Waals surface area contributed by atoms with Crippen LogP contribution in [0.15, 0.2) is 4.52 Å². The molecule has 0 spiro atoms. The number of ether oxygens (including phenoxy) is 1. The molecule has 8 nitrogen and oxygen atoms in total. The highest BCUT2D eigenvalue weighted by Crippen LogP contribution is 1.98. The van der Waals surface area contributed by atoms with E-state index in [-0.39, 0.29) is 19.1 Å². The fraction of sp³-hybridized carbons (Fsp3) is 0.600. The molecule has 1 aromatic heterocycles. The maximum absolute atomic E-state index is 11.3. The first-order valence-corrected chi connectivity index (χ1v) is 5.42. The minimum atomic E-state index is -1.07. The van der Waals surface area contributed by atoms with Crippen molar-refractivity contribution in [2.24, 2.45) is 0 Å². The van der Waals surface area contributed by atoms with Gasteiger partial charge in [0, 0.05) is 0 Å². The number of hydrogen-bond donors (Lipinski definition) is 2. The molecule has 0 aliphatic heterocycles. The molecule has 0 fully saturated rings. The van der Waals surface area contributed by atoms with Gasteiger partial charge >= 0.3 is 5.97 Å². The van der Waals surface area contributed by atoms with Crippen LogP contribution in [0.3, 0.4) is 0 Å². The van der Waals surface area contributed by atoms with Crippen LogP contribution in [-0.2, 0) is 20.9 Å². The van der Waals surface area contributed by atoms with E-state index < -0.39 is 17.9 Å². The normalized spacial score (nSPS) is 12.1. The summed E-state index contributed by atoms with van der Waals surface area (Å²) >= 11 is 0. The number of nitrogens with zero attached hydrogens (tertiary/aromatic N) is 2. The van der Waals surface area contributed by atoms with E-state index in [1.165, 1.54) is 0 Å². The zero-order valence-corrected chi connectivity index (χ0v) is 10.2. The Labute approximate surface area is 103 Å². The third-order valence-corrected chi connectivity index (χ3v) is 2.07. The van der Waals surface area contributed by atoms with Crippen molar-refractivity contribution in [3.05, 3.63) is 11.7 Å². The van der Waals surface area contributed by atoms with Crippen molar-refractivity contribution in [1.29, 1.82) is 0 Å². The molecule has 0 radical (unpaired) electrons. The van der Waals surface area contributed by atoms with E-state index in [4.69, 9.17) is 14.4 Å². The Morgan fingerprint density at radius 3 is 2.78 bits per heavy atom. The molecule has 8 heteroatoms. The average molecular weight is 257 g/mol. The third-order valence-electron chi connectivity index (χ3n) is 2.07. The van der Waals surface area contributed by atoms with Crippen molar-refractivity contribution in [1.82, 2.24) is 15.5 Å². The molecule has 1 heterocycles. The molecule has 0 aliphatic carbocycles. The highest BCUT2D eigenvalue weighted by molar-refractivity contribution is 5.84. The van der Waals surface area contributed by atoms with Gasteiger partial charge in [-0.3, -0.25) is 4.79 Å². The van der Waals surface area contributed by atoms with Gasteiger partial charge in [-0.05, 0) is 13.3 Å². The number of carbonyl (C=O) groups is 2. The number of rotatable bonds is 7. The Balaban J connectivity index is 2.26. The number of aromatic nitrogens is 2. The Morgan fingerprint density at radius 2 is 2.28 bits per heavy atom. The molecular weight excluding hydrogens is 242 g/mol. The first-order valence-electron chi connectivity index (χ1n) is 5.42. The zero-order valence-electron chi connectivity index (χ0n) is 10.2. The quantitative estimate of drug-likeness (QED) is 0.699. The number of amides is 1. The van der Waals surface area contributed by atoms with Crippen LogP contribution in [-0.4, -0.2) is 39.8 Å². The molecule has 100 valence electrons. The smallest absolute Gasteiger partial charge is 0.326 e. The Hall–Kier alpha value is -1.96. The molecule has 0 bridgehead atoms. The van der Waals surface area contributed by atoms with E-state index in [0.717, 1.165) is 0 Å². The zero-order chi connectivity index (χ0) is 13.5. The summed E-state index contributed by atoms with van der Waals surface area (Å²) in [6.07, 6.45) is 0.309. The van der Waals surface area contributed by atoms with Crippen molar-refractivity contribution in [2.75, 3.05) is 6.61 Å². The van der Waals surface area contributed by atoms with Gasteiger partial charge in [0.25, 0.3) is 5.89 Å². The lowest BCUT2D eigenvalue weighted by Crippen LogP contribution is -2.41. The van der Waals surface area contributed by atoms with Crippen LogP contribution in [0.5, 0.6) is 0 Å². The second-order valence-electron chi connectivity index (χ2n) is 3.59. The van der Waals surface area contributed by atoms with Gasteiger partial charge in [0.2, 0.25) is 5.91 Å². The molecule has 18 heavy (non-hydrogen) atoms. The Kier molecular flexibility index (Phi) is 5.25. The maximum Gasteiger partial charge on any atom is 0.326 e. The summed E-state index contributed by atoms with van der Waals surface area (Å²) in [6, 6.07) is -0.897. The van der Waals surface area contributed by atoms with Crippen LogP contribution in [0.1, 0.15) is 25.1 Å². The number of aliphatic carboxylic acids is 1. The van der Waals surface area contributed by atoms with E-state index in [1.54, 1.807) is 13.8 Å². The predicted octanol–water partition coefficient (Wildman–Crippen LogP) is -0.126. The van der Waals surface area contributed by atoms with Gasteiger partial charge in [0.15, 0.2) is 5.82 Å². The third kappa shape index (κ3) is 4.50. The van der Waals surface area contributed by atoms with Crippen molar-refractivity contribution in [3.63, 3.8) is 0 Å². The number of carboxylic acids is 1.